The second kappa shape index (κ2) is 12.2. The maximum atomic E-state index is 15.1. The second-order valence-corrected chi connectivity index (χ2v) is 8.63. The van der Waals surface area contributed by atoms with Gasteiger partial charge in [0.05, 0.1) is 38.1 Å². The smallest absolute Gasteiger partial charge is 0.414 e. The van der Waals surface area contributed by atoms with Crippen molar-refractivity contribution in [2.24, 2.45) is 0 Å². The first-order valence-corrected chi connectivity index (χ1v) is 11.8. The number of amides is 2. The highest BCUT2D eigenvalue weighted by Crippen LogP contribution is 2.32. The molecular weight excluding hydrogens is 518 g/mol. The Balaban J connectivity index is 1.34. The maximum Gasteiger partial charge on any atom is 0.414 e. The van der Waals surface area contributed by atoms with Crippen molar-refractivity contribution in [3.05, 3.63) is 41.8 Å². The molecule has 206 valence electrons. The molecule has 0 bridgehead atoms. The summed E-state index contributed by atoms with van der Waals surface area (Å²) in [6.07, 6.45) is -2.55. The molecule has 0 unspecified atom stereocenters. The molecule has 1 N–H and O–H groups in total. The molecule has 0 aliphatic carbocycles. The van der Waals surface area contributed by atoms with E-state index in [-0.39, 0.29) is 63.0 Å². The normalized spacial score (nSPS) is 18.2. The molecule has 0 spiro atoms. The number of carbonyl (C=O) groups excluding carboxylic acids is 3. The van der Waals surface area contributed by atoms with Crippen LogP contribution in [0.25, 0.3) is 0 Å². The van der Waals surface area contributed by atoms with Gasteiger partial charge >= 0.3 is 6.09 Å². The van der Waals surface area contributed by atoms with Gasteiger partial charge in [-0.05, 0) is 6.42 Å². The Morgan fingerprint density at radius 3 is 2.61 bits per heavy atom. The summed E-state index contributed by atoms with van der Waals surface area (Å²) >= 11 is 0. The zero-order valence-corrected chi connectivity index (χ0v) is 20.1. The summed E-state index contributed by atoms with van der Waals surface area (Å²) in [4.78, 5) is 43.6. The van der Waals surface area contributed by atoms with E-state index in [4.69, 9.17) is 14.1 Å². The van der Waals surface area contributed by atoms with Crippen molar-refractivity contribution in [2.45, 2.75) is 31.9 Å². The van der Waals surface area contributed by atoms with Gasteiger partial charge in [-0.25, -0.2) is 27.4 Å². The number of hydrogen-bond acceptors (Lipinski definition) is 9. The highest BCUT2D eigenvalue weighted by atomic mass is 19.3. The largest absolute Gasteiger partial charge is 0.444 e. The molecule has 1 atom stereocenters. The molecule has 15 heteroatoms. The van der Waals surface area contributed by atoms with Gasteiger partial charge in [0.15, 0.2) is 17.4 Å². The number of aromatic nitrogens is 1. The first kappa shape index (κ1) is 27.3. The predicted octanol–water partition coefficient (Wildman–Crippen LogP) is 2.26. The highest BCUT2D eigenvalue weighted by Gasteiger charge is 2.34. The van der Waals surface area contributed by atoms with Crippen LogP contribution in [0.4, 0.5) is 33.7 Å². The van der Waals surface area contributed by atoms with Crippen LogP contribution in [0.5, 0.6) is 0 Å². The lowest BCUT2D eigenvalue weighted by Gasteiger charge is -2.24. The Labute approximate surface area is 214 Å². The minimum Gasteiger partial charge on any atom is -0.444 e. The fraction of sp³-hybridized carbons (Fsp3) is 0.478. The molecule has 2 amide bonds. The van der Waals surface area contributed by atoms with E-state index in [9.17, 15) is 23.2 Å². The summed E-state index contributed by atoms with van der Waals surface area (Å²) in [5, 5.41) is 7.62. The average molecular weight is 543 g/mol. The number of carbonyl (C=O) groups is 3. The molecule has 2 aliphatic rings. The van der Waals surface area contributed by atoms with Crippen molar-refractivity contribution < 1.29 is 46.0 Å². The van der Waals surface area contributed by atoms with E-state index >= 15 is 8.78 Å². The third-order valence-corrected chi connectivity index (χ3v) is 6.01. The molecule has 0 radical (unpaired) electrons. The van der Waals surface area contributed by atoms with Crippen molar-refractivity contribution in [3.8, 4) is 0 Å². The van der Waals surface area contributed by atoms with E-state index in [1.807, 2.05) is 0 Å². The van der Waals surface area contributed by atoms with E-state index in [0.717, 1.165) is 27.7 Å². The van der Waals surface area contributed by atoms with E-state index in [0.29, 0.717) is 6.54 Å². The van der Waals surface area contributed by atoms with E-state index in [1.165, 1.54) is 17.4 Å². The number of Topliss-reactive ketones (excluding diaryl/α,β-unsaturated/α-hetero) is 1. The fourth-order valence-corrected chi connectivity index (χ4v) is 4.09. The van der Waals surface area contributed by atoms with E-state index in [1.54, 1.807) is 0 Å². The van der Waals surface area contributed by atoms with Crippen LogP contribution >= 0.6 is 0 Å². The molecule has 38 heavy (non-hydrogen) atoms. The summed E-state index contributed by atoms with van der Waals surface area (Å²) in [6.45, 7) is 0.394. The maximum absolute atomic E-state index is 15.1. The van der Waals surface area contributed by atoms with Crippen LogP contribution in [0.2, 0.25) is 0 Å². The van der Waals surface area contributed by atoms with Crippen molar-refractivity contribution in [3.63, 3.8) is 0 Å². The number of anilines is 2. The first-order valence-electron chi connectivity index (χ1n) is 11.8. The first-order chi connectivity index (χ1) is 18.2. The zero-order valence-electron chi connectivity index (χ0n) is 20.1. The van der Waals surface area contributed by atoms with Crippen molar-refractivity contribution >= 4 is 29.2 Å². The van der Waals surface area contributed by atoms with Gasteiger partial charge in [-0.3, -0.25) is 19.3 Å². The van der Waals surface area contributed by atoms with Crippen LogP contribution in [-0.2, 0) is 25.7 Å². The Morgan fingerprint density at radius 2 is 1.92 bits per heavy atom. The minimum atomic E-state index is -3.12. The number of halogens is 4. The van der Waals surface area contributed by atoms with Crippen molar-refractivity contribution in [1.82, 2.24) is 15.5 Å². The molecule has 2 aromatic rings. The number of hydrogen-bond donors (Lipinski definition) is 1. The van der Waals surface area contributed by atoms with Gasteiger partial charge in [0.25, 0.3) is 12.3 Å². The lowest BCUT2D eigenvalue weighted by molar-refractivity contribution is -0.180. The summed E-state index contributed by atoms with van der Waals surface area (Å²) < 4.78 is 64.7. The highest BCUT2D eigenvalue weighted by molar-refractivity contribution is 5.90. The molecular formula is C23H25F4N5O6. The Bertz CT molecular complexity index is 1130. The predicted molar refractivity (Wildman–Crippen MR) is 122 cm³/mol. The Hall–Kier alpha value is -3.72. The molecule has 1 aromatic heterocycles. The molecule has 11 nitrogen and oxygen atoms in total. The van der Waals surface area contributed by atoms with Crippen molar-refractivity contribution in [1.29, 1.82) is 0 Å². The fourth-order valence-electron chi connectivity index (χ4n) is 4.09. The molecule has 2 aliphatic heterocycles. The molecule has 4 rings (SSSR count). The summed E-state index contributed by atoms with van der Waals surface area (Å²) in [5.74, 6) is -3.53. The van der Waals surface area contributed by atoms with Crippen LogP contribution < -0.4 is 15.1 Å². The monoisotopic (exact) mass is 543 g/mol. The topological polar surface area (TPSA) is 117 Å². The zero-order chi connectivity index (χ0) is 27.2. The number of rotatable bonds is 10. The Morgan fingerprint density at radius 1 is 1.16 bits per heavy atom. The second-order valence-electron chi connectivity index (χ2n) is 8.63. The molecule has 2 fully saturated rings. The minimum absolute atomic E-state index is 0.00447. The molecule has 2 saturated heterocycles. The van der Waals surface area contributed by atoms with Gasteiger partial charge in [-0.1, -0.05) is 5.16 Å². The Kier molecular flexibility index (Phi) is 8.78. The van der Waals surface area contributed by atoms with Gasteiger partial charge in [-0.15, -0.1) is 0 Å². The van der Waals surface area contributed by atoms with Gasteiger partial charge in [0, 0.05) is 43.8 Å². The number of nitrogens with one attached hydrogen (secondary N) is 1. The van der Waals surface area contributed by atoms with Crippen LogP contribution in [0, 0.1) is 11.6 Å². The van der Waals surface area contributed by atoms with Crippen LogP contribution in [0.15, 0.2) is 29.1 Å². The summed E-state index contributed by atoms with van der Waals surface area (Å²) in [5.41, 5.74) is 0.303. The number of benzene rings is 1. The molecule has 1 aromatic carbocycles. The number of ether oxygens (including phenoxy) is 1. The number of nitrogens with zero attached hydrogens (tertiary/aromatic N) is 4. The van der Waals surface area contributed by atoms with Gasteiger partial charge in [0.1, 0.15) is 18.1 Å². The van der Waals surface area contributed by atoms with Gasteiger partial charge < -0.3 is 19.5 Å². The SMILES string of the molecule is O=C(CC[C@H]1CN(c2cc(F)c(N3CCON(C(=O)CNCc4cnoc4)CC3)c(F)c2)C(=O)O1)C(F)F. The van der Waals surface area contributed by atoms with Crippen molar-refractivity contribution in [2.75, 3.05) is 49.1 Å². The van der Waals surface area contributed by atoms with E-state index < -0.39 is 42.5 Å². The average Bonchev–Trinajstić information content (AvgIpc) is 3.45. The van der Waals surface area contributed by atoms with Gasteiger partial charge in [0.2, 0.25) is 0 Å². The summed E-state index contributed by atoms with van der Waals surface area (Å²) in [7, 11) is 0. The number of hydroxylamine groups is 2. The van der Waals surface area contributed by atoms with Crippen LogP contribution in [-0.4, -0.2) is 79.9 Å². The van der Waals surface area contributed by atoms with E-state index in [2.05, 4.69) is 10.5 Å². The van der Waals surface area contributed by atoms with Crippen LogP contribution in [0.1, 0.15) is 18.4 Å². The number of alkyl halides is 2. The lowest BCUT2D eigenvalue weighted by Crippen LogP contribution is -2.39. The number of cyclic esters (lactones) is 1. The summed E-state index contributed by atoms with van der Waals surface area (Å²) in [6, 6.07) is 1.94. The lowest BCUT2D eigenvalue weighted by atomic mass is 10.1. The number of ketones is 1. The molecule has 3 heterocycles. The quantitative estimate of drug-likeness (QED) is 0.451. The van der Waals surface area contributed by atoms with Gasteiger partial charge in [-0.2, -0.15) is 0 Å². The van der Waals surface area contributed by atoms with Crippen LogP contribution in [0.3, 0.4) is 0 Å². The third-order valence-electron chi connectivity index (χ3n) is 6.01. The standard InChI is InChI=1S/C23H25F4N5O6/c24-17-7-15(31-12-16(38-23(31)35)1-2-19(33)22(26)27)8-18(25)21(17)30-3-4-32(37-6-5-30)20(34)11-28-9-14-10-29-36-13-14/h7-8,10,13,16,22,28H,1-6,9,11-12H2/t16-/m0/s1. The molecule has 0 saturated carbocycles. The third kappa shape index (κ3) is 6.58.